The third-order valence-electron chi connectivity index (χ3n) is 5.12. The predicted molar refractivity (Wildman–Crippen MR) is 113 cm³/mol. The molecule has 30 heavy (non-hydrogen) atoms. The Hall–Kier alpha value is -2.87. The average molecular weight is 432 g/mol. The topological polar surface area (TPSA) is 90.0 Å². The molecule has 0 amide bonds. The summed E-state index contributed by atoms with van der Waals surface area (Å²) < 4.78 is 38.1. The Labute approximate surface area is 176 Å². The minimum atomic E-state index is -4.05. The molecular weight excluding hydrogens is 406 g/mol. The number of ether oxygens (including phenoxy) is 2. The molecule has 160 valence electrons. The molecule has 0 aliphatic carbocycles. The van der Waals surface area contributed by atoms with E-state index in [4.69, 9.17) is 9.47 Å². The fourth-order valence-corrected chi connectivity index (χ4v) is 6.01. The predicted octanol–water partition coefficient (Wildman–Crippen LogP) is 2.79. The number of carbonyl (C=O) groups excluding carboxylic acids is 2. The van der Waals surface area contributed by atoms with Gasteiger partial charge in [-0.05, 0) is 38.5 Å². The van der Waals surface area contributed by atoms with E-state index in [-0.39, 0.29) is 18.9 Å². The summed E-state index contributed by atoms with van der Waals surface area (Å²) in [4.78, 5) is 26.8. The molecule has 1 fully saturated rings. The molecular formula is C22H25NO6S. The third-order valence-corrected chi connectivity index (χ3v) is 6.93. The van der Waals surface area contributed by atoms with Crippen LogP contribution in [0.15, 0.2) is 54.6 Å². The maximum absolute atomic E-state index is 13.4. The lowest BCUT2D eigenvalue weighted by atomic mass is 9.79. The van der Waals surface area contributed by atoms with Crippen molar-refractivity contribution in [2.24, 2.45) is 0 Å². The van der Waals surface area contributed by atoms with Crippen molar-refractivity contribution in [2.75, 3.05) is 23.3 Å². The number of sulfonamides is 1. The van der Waals surface area contributed by atoms with E-state index in [1.165, 1.54) is 0 Å². The summed E-state index contributed by atoms with van der Waals surface area (Å²) in [5, 5.41) is 0. The zero-order valence-corrected chi connectivity index (χ0v) is 18.0. The molecule has 8 heteroatoms. The molecule has 1 aliphatic rings. The van der Waals surface area contributed by atoms with Crippen molar-refractivity contribution in [3.63, 3.8) is 0 Å². The van der Waals surface area contributed by atoms with E-state index in [1.807, 2.05) is 19.1 Å². The van der Waals surface area contributed by atoms with Crippen molar-refractivity contribution in [2.45, 2.75) is 32.2 Å². The first-order valence-corrected chi connectivity index (χ1v) is 11.4. The zero-order valence-electron chi connectivity index (χ0n) is 17.2. The number of para-hydroxylation sites is 1. The first-order valence-electron chi connectivity index (χ1n) is 9.78. The van der Waals surface area contributed by atoms with Crippen LogP contribution in [-0.4, -0.2) is 44.9 Å². The van der Waals surface area contributed by atoms with Crippen molar-refractivity contribution in [1.82, 2.24) is 0 Å². The Bertz CT molecular complexity index is 999. The second-order valence-corrected chi connectivity index (χ2v) is 8.91. The number of rotatable bonds is 6. The van der Waals surface area contributed by atoms with Crippen LogP contribution in [0.5, 0.6) is 0 Å². The van der Waals surface area contributed by atoms with E-state index in [2.05, 4.69) is 0 Å². The standard InChI is InChI=1S/C22H25NO6S/c1-4-28-20(24)22(21(25)29-5-2)19(17-13-11-16(3)12-14-17)15-30(26,27)23(22)18-9-7-6-8-10-18/h6-14,19H,4-5,15H2,1-3H3. The van der Waals surface area contributed by atoms with Crippen molar-refractivity contribution < 1.29 is 27.5 Å². The van der Waals surface area contributed by atoms with Crippen LogP contribution in [0.4, 0.5) is 5.69 Å². The summed E-state index contributed by atoms with van der Waals surface area (Å²) in [6.07, 6.45) is 0. The van der Waals surface area contributed by atoms with Crippen molar-refractivity contribution in [1.29, 1.82) is 0 Å². The summed E-state index contributed by atoms with van der Waals surface area (Å²) >= 11 is 0. The largest absolute Gasteiger partial charge is 0.464 e. The highest BCUT2D eigenvalue weighted by atomic mass is 32.2. The first-order chi connectivity index (χ1) is 14.3. The van der Waals surface area contributed by atoms with Crippen LogP contribution in [0.1, 0.15) is 30.9 Å². The van der Waals surface area contributed by atoms with Gasteiger partial charge in [-0.15, -0.1) is 0 Å². The van der Waals surface area contributed by atoms with Gasteiger partial charge >= 0.3 is 11.9 Å². The Balaban J connectivity index is 2.34. The molecule has 0 radical (unpaired) electrons. The summed E-state index contributed by atoms with van der Waals surface area (Å²) in [6, 6.07) is 15.2. The summed E-state index contributed by atoms with van der Waals surface area (Å²) in [5.41, 5.74) is -0.476. The van der Waals surface area contributed by atoms with Gasteiger partial charge in [0.1, 0.15) is 0 Å². The van der Waals surface area contributed by atoms with Gasteiger partial charge in [0.2, 0.25) is 10.0 Å². The van der Waals surface area contributed by atoms with Gasteiger partial charge < -0.3 is 9.47 Å². The number of hydrogen-bond donors (Lipinski definition) is 0. The molecule has 0 spiro atoms. The summed E-state index contributed by atoms with van der Waals surface area (Å²) in [7, 11) is -4.05. The molecule has 0 N–H and O–H groups in total. The number of anilines is 1. The van der Waals surface area contributed by atoms with E-state index >= 15 is 0 Å². The van der Waals surface area contributed by atoms with Gasteiger partial charge in [0.25, 0.3) is 5.54 Å². The highest BCUT2D eigenvalue weighted by molar-refractivity contribution is 7.93. The fraction of sp³-hybridized carbons (Fsp3) is 0.364. The Kier molecular flexibility index (Phi) is 6.17. The maximum atomic E-state index is 13.4. The third kappa shape index (κ3) is 3.56. The second kappa shape index (κ2) is 8.47. The Morgan fingerprint density at radius 1 is 0.967 bits per heavy atom. The number of benzene rings is 2. The van der Waals surface area contributed by atoms with Crippen LogP contribution in [-0.2, 0) is 29.1 Å². The smallest absolute Gasteiger partial charge is 0.345 e. The number of nitrogens with zero attached hydrogens (tertiary/aromatic N) is 1. The van der Waals surface area contributed by atoms with E-state index in [0.29, 0.717) is 5.56 Å². The molecule has 1 unspecified atom stereocenters. The average Bonchev–Trinajstić information content (AvgIpc) is 2.98. The lowest BCUT2D eigenvalue weighted by molar-refractivity contribution is -0.164. The van der Waals surface area contributed by atoms with Gasteiger partial charge in [-0.1, -0.05) is 48.0 Å². The minimum Gasteiger partial charge on any atom is -0.464 e. The Morgan fingerprint density at radius 3 is 2.00 bits per heavy atom. The number of carbonyl (C=O) groups is 2. The minimum absolute atomic E-state index is 0.0106. The van der Waals surface area contributed by atoms with Gasteiger partial charge in [-0.2, -0.15) is 0 Å². The Morgan fingerprint density at radius 2 is 1.50 bits per heavy atom. The highest BCUT2D eigenvalue weighted by Gasteiger charge is 2.68. The molecule has 2 aromatic rings. The van der Waals surface area contributed by atoms with E-state index in [0.717, 1.165) is 9.87 Å². The van der Waals surface area contributed by atoms with E-state index in [9.17, 15) is 18.0 Å². The normalized spacial score (nSPS) is 19.3. The number of aryl methyl sites for hydroxylation is 1. The molecule has 2 aromatic carbocycles. The molecule has 1 heterocycles. The molecule has 0 saturated carbocycles. The number of hydrogen-bond acceptors (Lipinski definition) is 6. The van der Waals surface area contributed by atoms with Crippen LogP contribution < -0.4 is 4.31 Å². The molecule has 7 nitrogen and oxygen atoms in total. The summed E-state index contributed by atoms with van der Waals surface area (Å²) in [6.45, 7) is 5.09. The van der Waals surface area contributed by atoms with Gasteiger partial charge in [0.05, 0.1) is 24.7 Å². The van der Waals surface area contributed by atoms with Crippen LogP contribution >= 0.6 is 0 Å². The molecule has 3 rings (SSSR count). The van der Waals surface area contributed by atoms with Crippen LogP contribution in [0.25, 0.3) is 0 Å². The van der Waals surface area contributed by atoms with Crippen LogP contribution in [0, 0.1) is 6.92 Å². The molecule has 1 atom stereocenters. The fourth-order valence-electron chi connectivity index (χ4n) is 3.85. The molecule has 1 saturated heterocycles. The van der Waals surface area contributed by atoms with E-state index in [1.54, 1.807) is 56.3 Å². The molecule has 1 aliphatic heterocycles. The lowest BCUT2D eigenvalue weighted by Crippen LogP contribution is -2.62. The van der Waals surface area contributed by atoms with Crippen LogP contribution in [0.2, 0.25) is 0 Å². The molecule has 0 bridgehead atoms. The summed E-state index contributed by atoms with van der Waals surface area (Å²) in [5.74, 6) is -3.32. The van der Waals surface area contributed by atoms with Gasteiger partial charge in [-0.25, -0.2) is 22.3 Å². The number of esters is 2. The first kappa shape index (κ1) is 21.8. The van der Waals surface area contributed by atoms with Crippen molar-refractivity contribution in [3.05, 3.63) is 65.7 Å². The monoisotopic (exact) mass is 431 g/mol. The SMILES string of the molecule is CCOC(=O)C1(C(=O)OCC)C(c2ccc(C)cc2)CS(=O)(=O)N1c1ccccc1. The second-order valence-electron chi connectivity index (χ2n) is 7.05. The highest BCUT2D eigenvalue weighted by Crippen LogP contribution is 2.47. The zero-order chi connectivity index (χ0) is 21.9. The maximum Gasteiger partial charge on any atom is 0.345 e. The molecule has 0 aromatic heterocycles. The van der Waals surface area contributed by atoms with Crippen LogP contribution in [0.3, 0.4) is 0 Å². The lowest BCUT2D eigenvalue weighted by Gasteiger charge is -2.37. The van der Waals surface area contributed by atoms with Gasteiger partial charge in [0.15, 0.2) is 0 Å². The van der Waals surface area contributed by atoms with Crippen molar-refractivity contribution in [3.8, 4) is 0 Å². The van der Waals surface area contributed by atoms with E-state index < -0.39 is 39.2 Å². The van der Waals surface area contributed by atoms with Gasteiger partial charge in [-0.3, -0.25) is 0 Å². The van der Waals surface area contributed by atoms with Gasteiger partial charge in [0, 0.05) is 5.92 Å². The van der Waals surface area contributed by atoms with Crippen molar-refractivity contribution >= 4 is 27.6 Å². The quantitative estimate of drug-likeness (QED) is 0.516.